The van der Waals surface area contributed by atoms with Crippen molar-refractivity contribution in [3.8, 4) is 51.1 Å². The number of nitrogens with zero attached hydrogens (tertiary/aromatic N) is 1. The van der Waals surface area contributed by atoms with Crippen molar-refractivity contribution >= 4 is 10.8 Å². The zero-order valence-electron chi connectivity index (χ0n) is 15.3. The van der Waals surface area contributed by atoms with Gasteiger partial charge in [-0.3, -0.25) is 4.98 Å². The molecule has 6 nitrogen and oxygen atoms in total. The molecule has 1 aliphatic rings. The second-order valence-corrected chi connectivity index (χ2v) is 5.78. The Morgan fingerprint density at radius 1 is 0.654 bits per heavy atom. The van der Waals surface area contributed by atoms with E-state index in [0.29, 0.717) is 28.7 Å². The lowest BCUT2D eigenvalue weighted by Crippen LogP contribution is -1.98. The summed E-state index contributed by atoms with van der Waals surface area (Å²) in [6, 6.07) is 5.78. The van der Waals surface area contributed by atoms with Crippen molar-refractivity contribution < 1.29 is 23.7 Å². The predicted octanol–water partition coefficient (Wildman–Crippen LogP) is 3.93. The Balaban J connectivity index is 2.24. The summed E-state index contributed by atoms with van der Waals surface area (Å²) in [6.07, 6.45) is 1.75. The third-order valence-electron chi connectivity index (χ3n) is 4.75. The molecule has 134 valence electrons. The predicted molar refractivity (Wildman–Crippen MR) is 98.9 cm³/mol. The fourth-order valence-electron chi connectivity index (χ4n) is 3.76. The van der Waals surface area contributed by atoms with Crippen molar-refractivity contribution in [1.82, 2.24) is 4.98 Å². The van der Waals surface area contributed by atoms with Crippen LogP contribution in [0.2, 0.25) is 0 Å². The molecule has 0 atom stereocenters. The summed E-state index contributed by atoms with van der Waals surface area (Å²) in [6.45, 7) is 0. The van der Waals surface area contributed by atoms with Crippen LogP contribution in [0.25, 0.3) is 33.2 Å². The number of methoxy groups -OCH3 is 5. The first-order valence-electron chi connectivity index (χ1n) is 8.08. The van der Waals surface area contributed by atoms with Crippen molar-refractivity contribution in [2.24, 2.45) is 0 Å². The minimum Gasteiger partial charge on any atom is -0.493 e. The SMILES string of the molecule is COc1ccc2c(c1OC)-c1nccc3c(OC)c(OC)c(OC)c-2c13. The first-order valence-corrected chi connectivity index (χ1v) is 8.08. The van der Waals surface area contributed by atoms with Crippen molar-refractivity contribution in [1.29, 1.82) is 0 Å². The maximum absolute atomic E-state index is 5.72. The molecule has 0 N–H and O–H groups in total. The van der Waals surface area contributed by atoms with Crippen LogP contribution in [0.15, 0.2) is 24.4 Å². The average Bonchev–Trinajstić information content (AvgIpc) is 3.02. The topological polar surface area (TPSA) is 59.0 Å². The maximum Gasteiger partial charge on any atom is 0.204 e. The van der Waals surface area contributed by atoms with Crippen LogP contribution in [-0.4, -0.2) is 40.5 Å². The second-order valence-electron chi connectivity index (χ2n) is 5.78. The number of ether oxygens (including phenoxy) is 5. The number of pyridine rings is 1. The zero-order valence-corrected chi connectivity index (χ0v) is 15.3. The Hall–Kier alpha value is -3.15. The van der Waals surface area contributed by atoms with Crippen LogP contribution in [0, 0.1) is 0 Å². The van der Waals surface area contributed by atoms with Crippen LogP contribution in [-0.2, 0) is 0 Å². The number of aromatic nitrogens is 1. The maximum atomic E-state index is 5.72. The highest BCUT2D eigenvalue weighted by Gasteiger charge is 2.34. The van der Waals surface area contributed by atoms with E-state index in [0.717, 1.165) is 33.2 Å². The summed E-state index contributed by atoms with van der Waals surface area (Å²) in [4.78, 5) is 4.62. The van der Waals surface area contributed by atoms with Gasteiger partial charge in [-0.25, -0.2) is 0 Å². The molecule has 0 amide bonds. The van der Waals surface area contributed by atoms with E-state index in [1.807, 2.05) is 18.2 Å². The van der Waals surface area contributed by atoms with Gasteiger partial charge in [0.2, 0.25) is 5.75 Å². The molecule has 0 aliphatic heterocycles. The van der Waals surface area contributed by atoms with E-state index in [4.69, 9.17) is 23.7 Å². The Kier molecular flexibility index (Phi) is 3.76. The van der Waals surface area contributed by atoms with Gasteiger partial charge in [-0.15, -0.1) is 0 Å². The van der Waals surface area contributed by atoms with Gasteiger partial charge in [0, 0.05) is 22.5 Å². The molecule has 0 spiro atoms. The van der Waals surface area contributed by atoms with E-state index in [-0.39, 0.29) is 0 Å². The summed E-state index contributed by atoms with van der Waals surface area (Å²) in [7, 11) is 8.08. The molecule has 0 fully saturated rings. The lowest BCUT2D eigenvalue weighted by Gasteiger charge is -2.17. The first kappa shape index (κ1) is 16.3. The van der Waals surface area contributed by atoms with Gasteiger partial charge in [-0.2, -0.15) is 0 Å². The summed E-state index contributed by atoms with van der Waals surface area (Å²) in [5.41, 5.74) is 3.56. The van der Waals surface area contributed by atoms with Crippen molar-refractivity contribution in [2.75, 3.05) is 35.5 Å². The fourth-order valence-corrected chi connectivity index (χ4v) is 3.76. The summed E-state index contributed by atoms with van der Waals surface area (Å²) < 4.78 is 28.1. The van der Waals surface area contributed by atoms with E-state index in [2.05, 4.69) is 4.98 Å². The highest BCUT2D eigenvalue weighted by Crippen LogP contribution is 2.60. The van der Waals surface area contributed by atoms with E-state index in [1.165, 1.54) is 0 Å². The van der Waals surface area contributed by atoms with E-state index in [9.17, 15) is 0 Å². The summed E-state index contributed by atoms with van der Waals surface area (Å²) >= 11 is 0. The molecule has 0 radical (unpaired) electrons. The van der Waals surface area contributed by atoms with E-state index >= 15 is 0 Å². The molecule has 26 heavy (non-hydrogen) atoms. The van der Waals surface area contributed by atoms with Gasteiger partial charge in [0.1, 0.15) is 0 Å². The molecular weight excluding hydrogens is 334 g/mol. The molecule has 0 unspecified atom stereocenters. The van der Waals surface area contributed by atoms with Crippen molar-refractivity contribution in [3.05, 3.63) is 24.4 Å². The van der Waals surface area contributed by atoms with Gasteiger partial charge in [-0.1, -0.05) is 0 Å². The summed E-state index contributed by atoms with van der Waals surface area (Å²) in [5.74, 6) is 3.07. The molecule has 0 saturated heterocycles. The number of fused-ring (bicyclic) bond motifs is 3. The largest absolute Gasteiger partial charge is 0.493 e. The van der Waals surface area contributed by atoms with Gasteiger partial charge >= 0.3 is 0 Å². The molecule has 4 rings (SSSR count). The lowest BCUT2D eigenvalue weighted by atomic mass is 10.0. The monoisotopic (exact) mass is 353 g/mol. The van der Waals surface area contributed by atoms with E-state index in [1.54, 1.807) is 41.7 Å². The summed E-state index contributed by atoms with van der Waals surface area (Å²) in [5, 5.41) is 1.85. The molecule has 3 aromatic rings. The number of hydrogen-bond acceptors (Lipinski definition) is 6. The third kappa shape index (κ3) is 1.89. The molecule has 6 heteroatoms. The van der Waals surface area contributed by atoms with Crippen LogP contribution >= 0.6 is 0 Å². The number of hydrogen-bond donors (Lipinski definition) is 0. The normalized spacial score (nSPS) is 11.3. The Bertz CT molecular complexity index is 1030. The Labute approximate surface area is 151 Å². The fraction of sp³-hybridized carbons (Fsp3) is 0.250. The van der Waals surface area contributed by atoms with Crippen LogP contribution in [0.3, 0.4) is 0 Å². The smallest absolute Gasteiger partial charge is 0.204 e. The molecule has 1 heterocycles. The average molecular weight is 353 g/mol. The minimum absolute atomic E-state index is 0.553. The lowest BCUT2D eigenvalue weighted by molar-refractivity contribution is 0.328. The standard InChI is InChI=1S/C20H19NO5/c1-22-12-7-6-10-14-13-11(17(23-2)20(26-5)19(14)25-4)8-9-21-16(13)15(10)18(12)24-3/h6-9H,1-5H3. The molecule has 1 aliphatic carbocycles. The van der Waals surface area contributed by atoms with E-state index < -0.39 is 0 Å². The van der Waals surface area contributed by atoms with Gasteiger partial charge in [0.05, 0.1) is 46.8 Å². The first-order chi connectivity index (χ1) is 12.7. The van der Waals surface area contributed by atoms with Gasteiger partial charge in [0.15, 0.2) is 23.0 Å². The molecule has 0 bridgehead atoms. The van der Waals surface area contributed by atoms with Gasteiger partial charge in [-0.05, 0) is 23.8 Å². The number of benzene rings is 2. The zero-order chi connectivity index (χ0) is 18.4. The van der Waals surface area contributed by atoms with Gasteiger partial charge in [0.25, 0.3) is 0 Å². The van der Waals surface area contributed by atoms with Crippen molar-refractivity contribution in [3.63, 3.8) is 0 Å². The molecule has 0 saturated carbocycles. The number of rotatable bonds is 5. The highest BCUT2D eigenvalue weighted by atomic mass is 16.5. The third-order valence-corrected chi connectivity index (χ3v) is 4.75. The van der Waals surface area contributed by atoms with Crippen LogP contribution in [0.4, 0.5) is 0 Å². The molecule has 2 aromatic carbocycles. The van der Waals surface area contributed by atoms with Crippen molar-refractivity contribution in [2.45, 2.75) is 0 Å². The Morgan fingerprint density at radius 3 is 1.96 bits per heavy atom. The Morgan fingerprint density at radius 2 is 1.35 bits per heavy atom. The van der Waals surface area contributed by atoms with Gasteiger partial charge < -0.3 is 23.7 Å². The van der Waals surface area contributed by atoms with Crippen LogP contribution < -0.4 is 23.7 Å². The quantitative estimate of drug-likeness (QED) is 0.542. The van der Waals surface area contributed by atoms with Crippen LogP contribution in [0.1, 0.15) is 0 Å². The minimum atomic E-state index is 0.553. The molecular formula is C20H19NO5. The van der Waals surface area contributed by atoms with Crippen LogP contribution in [0.5, 0.6) is 28.7 Å². The molecule has 1 aromatic heterocycles. The second kappa shape index (κ2) is 5.98. The highest BCUT2D eigenvalue weighted by molar-refractivity contribution is 6.20.